The molecule has 4 aromatic rings. The van der Waals surface area contributed by atoms with Crippen molar-refractivity contribution in [3.8, 4) is 5.75 Å². The van der Waals surface area contributed by atoms with Gasteiger partial charge < -0.3 is 15.2 Å². The van der Waals surface area contributed by atoms with Crippen LogP contribution in [0.15, 0.2) is 54.6 Å². The molecule has 0 unspecified atom stereocenters. The maximum atomic E-state index is 15.6. The van der Waals surface area contributed by atoms with Crippen LogP contribution in [0.25, 0.3) is 10.9 Å². The van der Waals surface area contributed by atoms with E-state index in [0.29, 0.717) is 22.3 Å². The van der Waals surface area contributed by atoms with Crippen LogP contribution in [0.1, 0.15) is 35.2 Å². The third-order valence-electron chi connectivity index (χ3n) is 8.12. The van der Waals surface area contributed by atoms with Crippen molar-refractivity contribution in [1.29, 1.82) is 0 Å². The lowest BCUT2D eigenvalue weighted by Crippen LogP contribution is -2.48. The second-order valence-corrected chi connectivity index (χ2v) is 10.9. The molecule has 6 nitrogen and oxygen atoms in total. The molecule has 12 heteroatoms. The molecule has 1 saturated heterocycles. The summed E-state index contributed by atoms with van der Waals surface area (Å²) in [4.78, 5) is 18.5. The van der Waals surface area contributed by atoms with Gasteiger partial charge in [0.1, 0.15) is 12.3 Å². The molecule has 2 heterocycles. The number of carboxylic acids is 1. The second kappa shape index (κ2) is 12.0. The van der Waals surface area contributed by atoms with Crippen LogP contribution in [0.2, 0.25) is 0 Å². The first-order chi connectivity index (χ1) is 20.8. The molecule has 0 saturated carbocycles. The van der Waals surface area contributed by atoms with E-state index in [2.05, 4.69) is 10.3 Å². The number of aliphatic carboxylic acids is 1. The number of carboxylic acid groups (broad SMARTS) is 1. The highest BCUT2D eigenvalue weighted by Gasteiger charge is 2.44. The number of pyridine rings is 1. The van der Waals surface area contributed by atoms with E-state index < -0.39 is 57.6 Å². The number of aryl methyl sites for hydroxylation is 1. The predicted molar refractivity (Wildman–Crippen MR) is 153 cm³/mol. The zero-order valence-electron chi connectivity index (χ0n) is 23.9. The normalized spacial score (nSPS) is 15.4. The van der Waals surface area contributed by atoms with Gasteiger partial charge in [0.25, 0.3) is 0 Å². The van der Waals surface area contributed by atoms with Crippen molar-refractivity contribution < 1.29 is 41.0 Å². The number of ether oxygens (including phenoxy) is 1. The number of aromatic nitrogens is 1. The summed E-state index contributed by atoms with van der Waals surface area (Å²) >= 11 is 0. The van der Waals surface area contributed by atoms with Gasteiger partial charge in [-0.1, -0.05) is 36.4 Å². The minimum atomic E-state index is -4.61. The number of piperidine rings is 1. The second-order valence-electron chi connectivity index (χ2n) is 10.9. The molecule has 1 aliphatic heterocycles. The van der Waals surface area contributed by atoms with Gasteiger partial charge in [-0.05, 0) is 63.5 Å². The lowest BCUT2D eigenvalue weighted by atomic mass is 9.72. The summed E-state index contributed by atoms with van der Waals surface area (Å²) in [6.45, 7) is 3.22. The number of para-hydroxylation sites is 1. The Kier molecular flexibility index (Phi) is 8.48. The van der Waals surface area contributed by atoms with Crippen LogP contribution in [0, 0.1) is 31.3 Å². The maximum absolute atomic E-state index is 15.6. The molecular formula is C32H29F6N3O3. The fourth-order valence-electron chi connectivity index (χ4n) is 5.60. The number of anilines is 2. The number of carbonyl (C=O) groups is 1. The summed E-state index contributed by atoms with van der Waals surface area (Å²) < 4.78 is 91.0. The van der Waals surface area contributed by atoms with Gasteiger partial charge in [-0.25, -0.2) is 13.2 Å². The Morgan fingerprint density at radius 1 is 1.00 bits per heavy atom. The molecule has 5 rings (SSSR count). The van der Waals surface area contributed by atoms with Gasteiger partial charge >= 0.3 is 12.1 Å². The number of rotatable bonds is 8. The van der Waals surface area contributed by atoms with Crippen LogP contribution in [0.5, 0.6) is 5.75 Å². The fourth-order valence-corrected chi connectivity index (χ4v) is 5.60. The van der Waals surface area contributed by atoms with E-state index in [1.165, 1.54) is 19.1 Å². The number of hydrogen-bond donors (Lipinski definition) is 2. The summed E-state index contributed by atoms with van der Waals surface area (Å²) in [7, 11) is 0. The van der Waals surface area contributed by atoms with Crippen molar-refractivity contribution in [2.45, 2.75) is 38.3 Å². The molecule has 2 N–H and O–H groups in total. The Hall–Kier alpha value is -4.32. The number of halogens is 6. The molecule has 3 aromatic carbocycles. The van der Waals surface area contributed by atoms with E-state index in [1.807, 2.05) is 0 Å². The van der Waals surface area contributed by atoms with E-state index in [0.717, 1.165) is 12.1 Å². The van der Waals surface area contributed by atoms with E-state index in [-0.39, 0.29) is 44.6 Å². The average molecular weight is 618 g/mol. The molecule has 0 bridgehead atoms. The van der Waals surface area contributed by atoms with Crippen LogP contribution in [-0.4, -0.2) is 47.2 Å². The Labute approximate surface area is 249 Å². The summed E-state index contributed by atoms with van der Waals surface area (Å²) in [6.07, 6.45) is -4.57. The number of likely N-dealkylation sites (tertiary alicyclic amines) is 1. The summed E-state index contributed by atoms with van der Waals surface area (Å²) in [6, 6.07) is 13.0. The molecule has 0 radical (unpaired) electrons. The van der Waals surface area contributed by atoms with Gasteiger partial charge in [0.2, 0.25) is 0 Å². The minimum Gasteiger partial charge on any atom is -0.486 e. The van der Waals surface area contributed by atoms with Crippen molar-refractivity contribution >= 4 is 28.2 Å². The Morgan fingerprint density at radius 3 is 2.39 bits per heavy atom. The first-order valence-electron chi connectivity index (χ1n) is 13.9. The molecule has 1 aromatic heterocycles. The SMILES string of the molecule is Cc1cc(Nc2c(F)c(C)c(F)c(OCCN3CCC(C(=O)O)(c4cccc(C(F)(F)F)c4)CC3)c2F)c2ccccc2n1. The maximum Gasteiger partial charge on any atom is 0.416 e. The molecule has 0 spiro atoms. The van der Waals surface area contributed by atoms with Crippen molar-refractivity contribution in [1.82, 2.24) is 9.88 Å². The molecule has 1 fully saturated rings. The minimum absolute atomic E-state index is 0.0232. The van der Waals surface area contributed by atoms with E-state index in [1.54, 1.807) is 42.2 Å². The van der Waals surface area contributed by atoms with Crippen molar-refractivity contribution in [2.75, 3.05) is 31.6 Å². The molecule has 0 atom stereocenters. The molecule has 232 valence electrons. The van der Waals surface area contributed by atoms with Gasteiger partial charge in [0, 0.05) is 28.9 Å². The Bertz CT molecular complexity index is 1720. The van der Waals surface area contributed by atoms with Crippen LogP contribution in [-0.2, 0) is 16.4 Å². The van der Waals surface area contributed by atoms with Gasteiger partial charge in [0.05, 0.1) is 16.5 Å². The van der Waals surface area contributed by atoms with Crippen molar-refractivity contribution in [3.63, 3.8) is 0 Å². The third-order valence-corrected chi connectivity index (χ3v) is 8.12. The predicted octanol–water partition coefficient (Wildman–Crippen LogP) is 7.53. The number of nitrogens with one attached hydrogen (secondary N) is 1. The first-order valence-corrected chi connectivity index (χ1v) is 13.9. The van der Waals surface area contributed by atoms with Gasteiger partial charge in [-0.3, -0.25) is 14.7 Å². The Morgan fingerprint density at radius 2 is 1.70 bits per heavy atom. The molecule has 0 aliphatic carbocycles. The van der Waals surface area contributed by atoms with Crippen LogP contribution in [0.3, 0.4) is 0 Å². The zero-order valence-corrected chi connectivity index (χ0v) is 23.9. The Balaban J connectivity index is 1.30. The third kappa shape index (κ3) is 5.90. The lowest BCUT2D eigenvalue weighted by molar-refractivity contribution is -0.146. The van der Waals surface area contributed by atoms with E-state index in [4.69, 9.17) is 4.74 Å². The quantitative estimate of drug-likeness (QED) is 0.199. The highest BCUT2D eigenvalue weighted by Crippen LogP contribution is 2.40. The first kappa shape index (κ1) is 31.1. The highest BCUT2D eigenvalue weighted by molar-refractivity contribution is 5.93. The monoisotopic (exact) mass is 617 g/mol. The molecule has 0 amide bonds. The highest BCUT2D eigenvalue weighted by atomic mass is 19.4. The average Bonchev–Trinajstić information content (AvgIpc) is 2.99. The standard InChI is InChI=1S/C32H29F6N3O3/c1-18-16-24(22-8-3-4-9-23(22)39-18)40-28-25(33)19(2)26(34)29(27(28)35)44-15-14-41-12-10-31(11-13-41,30(42)43)20-6-5-7-21(17-20)32(36,37)38/h3-9,16-17H,10-15H2,1-2H3,(H,39,40)(H,42,43). The van der Waals surface area contributed by atoms with Crippen LogP contribution < -0.4 is 10.1 Å². The number of alkyl halides is 3. The summed E-state index contributed by atoms with van der Waals surface area (Å²) in [5, 5.41) is 13.4. The van der Waals surface area contributed by atoms with Crippen LogP contribution >= 0.6 is 0 Å². The number of nitrogens with zero attached hydrogens (tertiary/aromatic N) is 2. The number of benzene rings is 3. The molecule has 1 aliphatic rings. The van der Waals surface area contributed by atoms with E-state index >= 15 is 13.2 Å². The lowest BCUT2D eigenvalue weighted by Gasteiger charge is -2.39. The van der Waals surface area contributed by atoms with Crippen LogP contribution in [0.4, 0.5) is 37.7 Å². The topological polar surface area (TPSA) is 74.7 Å². The van der Waals surface area contributed by atoms with Gasteiger partial charge in [-0.2, -0.15) is 13.2 Å². The molecular weight excluding hydrogens is 588 g/mol. The van der Waals surface area contributed by atoms with E-state index in [9.17, 15) is 23.1 Å². The van der Waals surface area contributed by atoms with Gasteiger partial charge in [0.15, 0.2) is 23.2 Å². The number of fused-ring (bicyclic) bond motifs is 1. The fraction of sp³-hybridized carbons (Fsp3) is 0.312. The van der Waals surface area contributed by atoms with Crippen molar-refractivity contribution in [3.05, 3.63) is 94.4 Å². The summed E-state index contributed by atoms with van der Waals surface area (Å²) in [5.74, 6) is -5.54. The van der Waals surface area contributed by atoms with Crippen molar-refractivity contribution in [2.24, 2.45) is 0 Å². The number of hydrogen-bond acceptors (Lipinski definition) is 5. The smallest absolute Gasteiger partial charge is 0.416 e. The largest absolute Gasteiger partial charge is 0.486 e. The zero-order chi connectivity index (χ0) is 31.8. The molecule has 44 heavy (non-hydrogen) atoms. The summed E-state index contributed by atoms with van der Waals surface area (Å²) in [5.41, 5.74) is -1.81. The van der Waals surface area contributed by atoms with Gasteiger partial charge in [-0.15, -0.1) is 0 Å².